The van der Waals surface area contributed by atoms with Gasteiger partial charge >= 0.3 is 0 Å². The number of thiophene rings is 1. The lowest BCUT2D eigenvalue weighted by Gasteiger charge is -2.17. The van der Waals surface area contributed by atoms with E-state index in [1.165, 1.54) is 4.88 Å². The number of ether oxygens (including phenoxy) is 1. The van der Waals surface area contributed by atoms with Crippen LogP contribution in [0.25, 0.3) is 10.6 Å². The van der Waals surface area contributed by atoms with Crippen LogP contribution in [0.15, 0.2) is 41.8 Å². The van der Waals surface area contributed by atoms with Crippen molar-refractivity contribution in [2.75, 3.05) is 25.1 Å². The van der Waals surface area contributed by atoms with E-state index in [-0.39, 0.29) is 24.2 Å². The lowest BCUT2D eigenvalue weighted by molar-refractivity contribution is -0.126. The average molecular weight is 442 g/mol. The largest absolute Gasteiger partial charge is 0.497 e. The molecule has 1 atom stereocenters. The molecule has 3 aromatic rings. The van der Waals surface area contributed by atoms with Crippen LogP contribution in [-0.2, 0) is 16.0 Å². The zero-order valence-electron chi connectivity index (χ0n) is 16.9. The Morgan fingerprint density at radius 1 is 1.33 bits per heavy atom. The molecule has 8 heteroatoms. The van der Waals surface area contributed by atoms with Crippen LogP contribution in [-0.4, -0.2) is 37.0 Å². The second-order valence-corrected chi connectivity index (χ2v) is 9.40. The molecule has 3 heterocycles. The Bertz CT molecular complexity index is 1060. The van der Waals surface area contributed by atoms with Gasteiger partial charge in [0.2, 0.25) is 11.8 Å². The van der Waals surface area contributed by atoms with Gasteiger partial charge in [0.25, 0.3) is 0 Å². The van der Waals surface area contributed by atoms with Gasteiger partial charge < -0.3 is 15.0 Å². The van der Waals surface area contributed by atoms with Crippen molar-refractivity contribution in [1.82, 2.24) is 10.3 Å². The smallest absolute Gasteiger partial charge is 0.227 e. The first-order chi connectivity index (χ1) is 14.5. The van der Waals surface area contributed by atoms with Crippen molar-refractivity contribution in [1.29, 1.82) is 0 Å². The number of anilines is 1. The van der Waals surface area contributed by atoms with Crippen molar-refractivity contribution >= 4 is 40.2 Å². The van der Waals surface area contributed by atoms with Gasteiger partial charge in [-0.3, -0.25) is 9.59 Å². The summed E-state index contributed by atoms with van der Waals surface area (Å²) in [7, 11) is 1.59. The van der Waals surface area contributed by atoms with E-state index in [9.17, 15) is 9.59 Å². The summed E-state index contributed by atoms with van der Waals surface area (Å²) in [4.78, 5) is 33.6. The highest BCUT2D eigenvalue weighted by Crippen LogP contribution is 2.30. The summed E-state index contributed by atoms with van der Waals surface area (Å²) in [5.41, 5.74) is 1.78. The number of nitrogens with zero attached hydrogens (tertiary/aromatic N) is 2. The molecule has 1 unspecified atom stereocenters. The van der Waals surface area contributed by atoms with Crippen molar-refractivity contribution in [2.45, 2.75) is 19.8 Å². The number of thiazole rings is 1. The molecule has 6 nitrogen and oxygen atoms in total. The van der Waals surface area contributed by atoms with E-state index in [0.29, 0.717) is 18.8 Å². The SMILES string of the molecule is COc1cccc(N2CC(C(=O)NCCc3ccc(-c4csc(C)n4)s3)CC2=O)c1. The van der Waals surface area contributed by atoms with E-state index in [2.05, 4.69) is 27.8 Å². The molecule has 0 bridgehead atoms. The van der Waals surface area contributed by atoms with E-state index in [1.807, 2.05) is 31.2 Å². The van der Waals surface area contributed by atoms with Crippen molar-refractivity contribution in [3.63, 3.8) is 0 Å². The summed E-state index contributed by atoms with van der Waals surface area (Å²) in [6.07, 6.45) is 0.995. The van der Waals surface area contributed by atoms with E-state index in [1.54, 1.807) is 34.7 Å². The molecule has 0 aliphatic carbocycles. The van der Waals surface area contributed by atoms with Crippen molar-refractivity contribution in [3.8, 4) is 16.3 Å². The molecule has 2 amide bonds. The van der Waals surface area contributed by atoms with Crippen LogP contribution in [0.4, 0.5) is 5.69 Å². The fourth-order valence-electron chi connectivity index (χ4n) is 3.49. The summed E-state index contributed by atoms with van der Waals surface area (Å²) in [6, 6.07) is 11.5. The molecule has 156 valence electrons. The Morgan fingerprint density at radius 2 is 2.20 bits per heavy atom. The molecule has 0 radical (unpaired) electrons. The van der Waals surface area contributed by atoms with Crippen LogP contribution in [0.2, 0.25) is 0 Å². The molecule has 1 aromatic carbocycles. The number of methoxy groups -OCH3 is 1. The predicted molar refractivity (Wildman–Crippen MR) is 120 cm³/mol. The van der Waals surface area contributed by atoms with Crippen LogP contribution in [0.5, 0.6) is 5.75 Å². The Balaban J connectivity index is 1.29. The summed E-state index contributed by atoms with van der Waals surface area (Å²) < 4.78 is 5.23. The second kappa shape index (κ2) is 8.97. The molecular formula is C22H23N3O3S2. The van der Waals surface area contributed by atoms with Crippen LogP contribution < -0.4 is 15.0 Å². The first-order valence-electron chi connectivity index (χ1n) is 9.77. The zero-order valence-corrected chi connectivity index (χ0v) is 18.5. The standard InChI is InChI=1S/C22H23N3O3S2/c1-14-24-19(13-29-14)20-7-6-18(30-20)8-9-23-22(27)15-10-21(26)25(12-15)16-4-3-5-17(11-16)28-2/h3-7,11,13,15H,8-10,12H2,1-2H3,(H,23,27). The first-order valence-corrected chi connectivity index (χ1v) is 11.5. The van der Waals surface area contributed by atoms with Gasteiger partial charge in [-0.2, -0.15) is 0 Å². The minimum Gasteiger partial charge on any atom is -0.497 e. The highest BCUT2D eigenvalue weighted by molar-refractivity contribution is 7.16. The van der Waals surface area contributed by atoms with E-state index in [4.69, 9.17) is 4.74 Å². The van der Waals surface area contributed by atoms with Gasteiger partial charge in [-0.25, -0.2) is 4.98 Å². The van der Waals surface area contributed by atoms with Crippen LogP contribution in [0.3, 0.4) is 0 Å². The van der Waals surface area contributed by atoms with Gasteiger partial charge in [0.05, 0.1) is 28.6 Å². The van der Waals surface area contributed by atoms with Crippen LogP contribution in [0.1, 0.15) is 16.3 Å². The fraction of sp³-hybridized carbons (Fsp3) is 0.318. The summed E-state index contributed by atoms with van der Waals surface area (Å²) in [5.74, 6) is 0.252. The lowest BCUT2D eigenvalue weighted by atomic mass is 10.1. The minimum absolute atomic E-state index is 0.0372. The fourth-order valence-corrected chi connectivity index (χ4v) is 5.15. The highest BCUT2D eigenvalue weighted by Gasteiger charge is 2.35. The van der Waals surface area contributed by atoms with Crippen molar-refractivity contribution in [2.24, 2.45) is 5.92 Å². The molecule has 1 N–H and O–H groups in total. The number of carbonyl (C=O) groups is 2. The van der Waals surface area contributed by atoms with Gasteiger partial charge in [-0.1, -0.05) is 6.07 Å². The maximum atomic E-state index is 12.6. The number of benzene rings is 1. The first kappa shape index (κ1) is 20.6. The number of hydrogen-bond acceptors (Lipinski definition) is 6. The molecule has 4 rings (SSSR count). The molecule has 2 aromatic heterocycles. The third-order valence-corrected chi connectivity index (χ3v) is 7.01. The maximum Gasteiger partial charge on any atom is 0.227 e. The number of hydrogen-bond donors (Lipinski definition) is 1. The summed E-state index contributed by atoms with van der Waals surface area (Å²) in [6.45, 7) is 2.95. The van der Waals surface area contributed by atoms with Crippen LogP contribution >= 0.6 is 22.7 Å². The van der Waals surface area contributed by atoms with E-state index in [0.717, 1.165) is 27.7 Å². The zero-order chi connectivity index (χ0) is 21.1. The third kappa shape index (κ3) is 4.55. The molecule has 0 saturated carbocycles. The van der Waals surface area contributed by atoms with Gasteiger partial charge in [0.1, 0.15) is 5.75 Å². The van der Waals surface area contributed by atoms with E-state index >= 15 is 0 Å². The Labute approximate surface area is 183 Å². The van der Waals surface area contributed by atoms with Crippen molar-refractivity contribution < 1.29 is 14.3 Å². The number of amides is 2. The Morgan fingerprint density at radius 3 is 2.97 bits per heavy atom. The summed E-state index contributed by atoms with van der Waals surface area (Å²) >= 11 is 3.35. The maximum absolute atomic E-state index is 12.6. The topological polar surface area (TPSA) is 71.5 Å². The molecule has 0 spiro atoms. The molecule has 1 saturated heterocycles. The molecule has 1 aliphatic heterocycles. The van der Waals surface area contributed by atoms with Gasteiger partial charge in [0.15, 0.2) is 0 Å². The number of nitrogens with one attached hydrogen (secondary N) is 1. The number of aryl methyl sites for hydroxylation is 1. The van der Waals surface area contributed by atoms with Gasteiger partial charge in [-0.05, 0) is 37.6 Å². The number of aromatic nitrogens is 1. The Hall–Kier alpha value is -2.71. The van der Waals surface area contributed by atoms with E-state index < -0.39 is 0 Å². The number of carbonyl (C=O) groups excluding carboxylic acids is 2. The summed E-state index contributed by atoms with van der Waals surface area (Å²) in [5, 5.41) is 6.12. The molecule has 1 aliphatic rings. The second-order valence-electron chi connectivity index (χ2n) is 7.17. The molecule has 30 heavy (non-hydrogen) atoms. The van der Waals surface area contributed by atoms with Crippen LogP contribution in [0, 0.1) is 12.8 Å². The molecule has 1 fully saturated rings. The van der Waals surface area contributed by atoms with Gasteiger partial charge in [-0.15, -0.1) is 22.7 Å². The quantitative estimate of drug-likeness (QED) is 0.604. The van der Waals surface area contributed by atoms with Crippen molar-refractivity contribution in [3.05, 3.63) is 51.7 Å². The third-order valence-electron chi connectivity index (χ3n) is 5.06. The monoisotopic (exact) mass is 441 g/mol. The minimum atomic E-state index is -0.333. The average Bonchev–Trinajstić information content (AvgIpc) is 3.48. The number of rotatable bonds is 7. The van der Waals surface area contributed by atoms with Gasteiger partial charge in [0, 0.05) is 41.5 Å². The highest BCUT2D eigenvalue weighted by atomic mass is 32.1. The lowest BCUT2D eigenvalue weighted by Crippen LogP contribution is -2.34. The Kier molecular flexibility index (Phi) is 6.15. The normalized spacial score (nSPS) is 16.1. The molecular weight excluding hydrogens is 418 g/mol. The predicted octanol–water partition coefficient (Wildman–Crippen LogP) is 3.90.